The van der Waals surface area contributed by atoms with E-state index in [0.717, 1.165) is 17.1 Å². The Labute approximate surface area is 153 Å². The number of aromatic nitrogens is 1. The van der Waals surface area contributed by atoms with Crippen molar-refractivity contribution in [3.8, 4) is 5.88 Å². The van der Waals surface area contributed by atoms with Gasteiger partial charge >= 0.3 is 0 Å². The summed E-state index contributed by atoms with van der Waals surface area (Å²) in [6.45, 7) is 2.22. The van der Waals surface area contributed by atoms with Crippen LogP contribution in [0.5, 0.6) is 5.88 Å². The molecule has 0 aliphatic carbocycles. The second-order valence-electron chi connectivity index (χ2n) is 5.73. The van der Waals surface area contributed by atoms with Crippen LogP contribution in [-0.4, -0.2) is 50.3 Å². The van der Waals surface area contributed by atoms with Crippen molar-refractivity contribution in [2.75, 3.05) is 34.4 Å². The summed E-state index contributed by atoms with van der Waals surface area (Å²) in [6, 6.07) is 10.2. The van der Waals surface area contributed by atoms with Crippen LogP contribution in [0.4, 0.5) is 4.39 Å². The molecule has 0 fully saturated rings. The van der Waals surface area contributed by atoms with Gasteiger partial charge in [0.1, 0.15) is 12.4 Å². The van der Waals surface area contributed by atoms with Gasteiger partial charge in [-0.25, -0.2) is 9.37 Å². The Bertz CT molecular complexity index is 690. The number of methoxy groups -OCH3 is 1. The summed E-state index contributed by atoms with van der Waals surface area (Å²) in [6.07, 6.45) is 1.77. The fraction of sp³-hybridized carbons (Fsp3) is 0.368. The Morgan fingerprint density at radius 1 is 1.15 bits per heavy atom. The van der Waals surface area contributed by atoms with Crippen LogP contribution in [0.1, 0.15) is 11.1 Å². The summed E-state index contributed by atoms with van der Waals surface area (Å²) in [5, 5.41) is 3.29. The van der Waals surface area contributed by atoms with Crippen LogP contribution in [0.2, 0.25) is 0 Å². The molecule has 0 saturated heterocycles. The molecule has 0 saturated carbocycles. The topological polar surface area (TPSA) is 59.0 Å². The molecule has 140 valence electrons. The SMILES string of the molecule is CN=C(NCc1ccc(OCCOC)nc1)N(C)Cc1ccc(F)cc1. The lowest BCUT2D eigenvalue weighted by molar-refractivity contribution is 0.143. The molecule has 1 N–H and O–H groups in total. The third-order valence-electron chi connectivity index (χ3n) is 3.69. The summed E-state index contributed by atoms with van der Waals surface area (Å²) in [4.78, 5) is 10.5. The van der Waals surface area contributed by atoms with Crippen molar-refractivity contribution in [2.45, 2.75) is 13.1 Å². The molecule has 1 aromatic heterocycles. The highest BCUT2D eigenvalue weighted by molar-refractivity contribution is 5.79. The highest BCUT2D eigenvalue weighted by Gasteiger charge is 2.07. The van der Waals surface area contributed by atoms with Gasteiger partial charge in [0.15, 0.2) is 5.96 Å². The first-order valence-corrected chi connectivity index (χ1v) is 8.35. The van der Waals surface area contributed by atoms with E-state index >= 15 is 0 Å². The fourth-order valence-corrected chi connectivity index (χ4v) is 2.33. The fourth-order valence-electron chi connectivity index (χ4n) is 2.33. The summed E-state index contributed by atoms with van der Waals surface area (Å²) in [5.74, 6) is 1.08. The first kappa shape index (κ1) is 19.7. The zero-order chi connectivity index (χ0) is 18.8. The molecule has 0 atom stereocenters. The van der Waals surface area contributed by atoms with E-state index in [1.807, 2.05) is 24.1 Å². The minimum absolute atomic E-state index is 0.235. The molecule has 2 aromatic rings. The smallest absolute Gasteiger partial charge is 0.213 e. The summed E-state index contributed by atoms with van der Waals surface area (Å²) in [5.41, 5.74) is 2.02. The molecule has 6 nitrogen and oxygen atoms in total. The van der Waals surface area contributed by atoms with Gasteiger partial charge in [0.05, 0.1) is 6.61 Å². The number of aliphatic imine (C=N–C) groups is 1. The molecule has 0 bridgehead atoms. The Morgan fingerprint density at radius 2 is 1.88 bits per heavy atom. The molecule has 2 rings (SSSR count). The molecule has 0 spiro atoms. The van der Waals surface area contributed by atoms with Crippen molar-refractivity contribution in [2.24, 2.45) is 4.99 Å². The van der Waals surface area contributed by atoms with Crippen molar-refractivity contribution < 1.29 is 13.9 Å². The molecule has 26 heavy (non-hydrogen) atoms. The van der Waals surface area contributed by atoms with E-state index in [2.05, 4.69) is 15.3 Å². The lowest BCUT2D eigenvalue weighted by Crippen LogP contribution is -2.38. The summed E-state index contributed by atoms with van der Waals surface area (Å²) >= 11 is 0. The molecule has 7 heteroatoms. The highest BCUT2D eigenvalue weighted by atomic mass is 19.1. The van der Waals surface area contributed by atoms with E-state index in [-0.39, 0.29) is 5.82 Å². The number of rotatable bonds is 8. The monoisotopic (exact) mass is 360 g/mol. The molecule has 0 amide bonds. The maximum atomic E-state index is 13.0. The van der Waals surface area contributed by atoms with Crippen molar-refractivity contribution in [3.63, 3.8) is 0 Å². The number of hydrogen-bond donors (Lipinski definition) is 1. The van der Waals surface area contributed by atoms with E-state index in [9.17, 15) is 4.39 Å². The minimum Gasteiger partial charge on any atom is -0.475 e. The largest absolute Gasteiger partial charge is 0.475 e. The minimum atomic E-state index is -0.235. The lowest BCUT2D eigenvalue weighted by Gasteiger charge is -2.22. The number of pyridine rings is 1. The molecule has 0 radical (unpaired) electrons. The average Bonchev–Trinajstić information content (AvgIpc) is 2.65. The number of ether oxygens (including phenoxy) is 2. The lowest BCUT2D eigenvalue weighted by atomic mass is 10.2. The van der Waals surface area contributed by atoms with Crippen LogP contribution >= 0.6 is 0 Å². The van der Waals surface area contributed by atoms with Crippen LogP contribution in [0, 0.1) is 5.82 Å². The van der Waals surface area contributed by atoms with Crippen LogP contribution in [0.3, 0.4) is 0 Å². The third-order valence-corrected chi connectivity index (χ3v) is 3.69. The summed E-state index contributed by atoms with van der Waals surface area (Å²) < 4.78 is 23.4. The van der Waals surface area contributed by atoms with Gasteiger partial charge < -0.3 is 19.7 Å². The molecule has 0 unspecified atom stereocenters. The number of guanidine groups is 1. The predicted molar refractivity (Wildman–Crippen MR) is 99.7 cm³/mol. The molecule has 1 aromatic carbocycles. The van der Waals surface area contributed by atoms with E-state index in [4.69, 9.17) is 9.47 Å². The van der Waals surface area contributed by atoms with Gasteiger partial charge in [-0.05, 0) is 23.3 Å². The van der Waals surface area contributed by atoms with Gasteiger partial charge in [0.25, 0.3) is 0 Å². The average molecular weight is 360 g/mol. The van der Waals surface area contributed by atoms with Crippen LogP contribution in [-0.2, 0) is 17.8 Å². The molecule has 1 heterocycles. The van der Waals surface area contributed by atoms with E-state index < -0.39 is 0 Å². The molecule has 0 aliphatic heterocycles. The van der Waals surface area contributed by atoms with Crippen molar-refractivity contribution >= 4 is 5.96 Å². The zero-order valence-corrected chi connectivity index (χ0v) is 15.4. The Balaban J connectivity index is 1.84. The van der Waals surface area contributed by atoms with Gasteiger partial charge in [-0.15, -0.1) is 0 Å². The second kappa shape index (κ2) is 10.4. The van der Waals surface area contributed by atoms with Gasteiger partial charge in [-0.2, -0.15) is 0 Å². The van der Waals surface area contributed by atoms with E-state index in [1.54, 1.807) is 32.5 Å². The maximum absolute atomic E-state index is 13.0. The van der Waals surface area contributed by atoms with Crippen molar-refractivity contribution in [1.82, 2.24) is 15.2 Å². The Hall–Kier alpha value is -2.67. The molecular formula is C19H25FN4O2. The second-order valence-corrected chi connectivity index (χ2v) is 5.73. The number of benzene rings is 1. The molecular weight excluding hydrogens is 335 g/mol. The maximum Gasteiger partial charge on any atom is 0.213 e. The molecule has 0 aliphatic rings. The van der Waals surface area contributed by atoms with Crippen molar-refractivity contribution in [1.29, 1.82) is 0 Å². The normalized spacial score (nSPS) is 11.3. The number of nitrogens with zero attached hydrogens (tertiary/aromatic N) is 3. The van der Waals surface area contributed by atoms with Gasteiger partial charge in [0.2, 0.25) is 5.88 Å². The number of nitrogens with one attached hydrogen (secondary N) is 1. The van der Waals surface area contributed by atoms with Gasteiger partial charge in [-0.3, -0.25) is 4.99 Å². The van der Waals surface area contributed by atoms with Crippen molar-refractivity contribution in [3.05, 3.63) is 59.5 Å². The first-order chi connectivity index (χ1) is 12.6. The predicted octanol–water partition coefficient (Wildman–Crippen LogP) is 2.45. The quantitative estimate of drug-likeness (QED) is 0.445. The van der Waals surface area contributed by atoms with E-state index in [1.165, 1.54) is 12.1 Å². The van der Waals surface area contributed by atoms with Gasteiger partial charge in [0, 0.05) is 46.6 Å². The third kappa shape index (κ3) is 6.33. The summed E-state index contributed by atoms with van der Waals surface area (Å²) in [7, 11) is 5.30. The van der Waals surface area contributed by atoms with Crippen LogP contribution < -0.4 is 10.1 Å². The Kier molecular flexibility index (Phi) is 7.82. The standard InChI is InChI=1S/C19H25FN4O2/c1-21-19(24(2)14-15-4-7-17(20)8-5-15)23-13-16-6-9-18(22-12-16)26-11-10-25-3/h4-9,12H,10-11,13-14H2,1-3H3,(H,21,23). The number of halogens is 1. The van der Waals surface area contributed by atoms with Crippen LogP contribution in [0.15, 0.2) is 47.6 Å². The highest BCUT2D eigenvalue weighted by Crippen LogP contribution is 2.08. The number of hydrogen-bond acceptors (Lipinski definition) is 4. The van der Waals surface area contributed by atoms with Crippen LogP contribution in [0.25, 0.3) is 0 Å². The first-order valence-electron chi connectivity index (χ1n) is 8.35. The Morgan fingerprint density at radius 3 is 2.50 bits per heavy atom. The zero-order valence-electron chi connectivity index (χ0n) is 15.4. The van der Waals surface area contributed by atoms with Gasteiger partial charge in [-0.1, -0.05) is 18.2 Å². The van der Waals surface area contributed by atoms with E-state index in [0.29, 0.717) is 32.2 Å².